The van der Waals surface area contributed by atoms with Crippen molar-refractivity contribution in [2.24, 2.45) is 0 Å². The van der Waals surface area contributed by atoms with E-state index < -0.39 is 0 Å². The molecule has 1 heterocycles. The Kier molecular flexibility index (Phi) is 15.3. The zero-order chi connectivity index (χ0) is 21.2. The molecule has 0 aliphatic carbocycles. The molecule has 0 spiro atoms. The first-order valence-electron chi connectivity index (χ1n) is 12.8. The van der Waals surface area contributed by atoms with Crippen molar-refractivity contribution in [2.45, 2.75) is 136 Å². The van der Waals surface area contributed by atoms with E-state index in [0.29, 0.717) is 10.6 Å². The standard InChI is InChI=1S/C26H51N2O/c1-4-6-7-8-9-10-11-12-13-14-15-16-17-18-19-20-21-22-26-27-23-24-28(26,5-2)25(3)29/h19-20,23-27,29H,4-18,21-22H2,1-3H3/q+1/b20-19+. The highest BCUT2D eigenvalue weighted by Crippen LogP contribution is 2.25. The third kappa shape index (κ3) is 10.7. The number of allylic oxidation sites excluding steroid dienone is 2. The minimum Gasteiger partial charge on any atom is -0.345 e. The van der Waals surface area contributed by atoms with Gasteiger partial charge < -0.3 is 10.4 Å². The maximum atomic E-state index is 10.2. The SMILES string of the molecule is CCCCCCCCCCCCCCC/C=C/CCC1NC=C[N+]1(CC)C(C)O. The summed E-state index contributed by atoms with van der Waals surface area (Å²) < 4.78 is 0.646. The Balaban J connectivity index is 1.90. The van der Waals surface area contributed by atoms with Crippen LogP contribution >= 0.6 is 0 Å². The van der Waals surface area contributed by atoms with Crippen LogP contribution in [-0.2, 0) is 0 Å². The predicted octanol–water partition coefficient (Wildman–Crippen LogP) is 7.38. The normalized spacial score (nSPS) is 22.4. The largest absolute Gasteiger partial charge is 0.345 e. The lowest BCUT2D eigenvalue weighted by Gasteiger charge is -2.39. The maximum absolute atomic E-state index is 10.2. The van der Waals surface area contributed by atoms with Crippen molar-refractivity contribution in [2.75, 3.05) is 6.54 Å². The third-order valence-corrected chi connectivity index (χ3v) is 6.71. The van der Waals surface area contributed by atoms with Crippen LogP contribution in [0.25, 0.3) is 0 Å². The molecule has 0 aromatic rings. The average molecular weight is 408 g/mol. The molecule has 170 valence electrons. The van der Waals surface area contributed by atoms with Crippen molar-refractivity contribution in [3.05, 3.63) is 24.6 Å². The molecule has 29 heavy (non-hydrogen) atoms. The Morgan fingerprint density at radius 1 is 0.828 bits per heavy atom. The number of aliphatic hydroxyl groups excluding tert-OH is 1. The second-order valence-electron chi connectivity index (χ2n) is 9.02. The lowest BCUT2D eigenvalue weighted by Crippen LogP contribution is -2.57. The van der Waals surface area contributed by atoms with Gasteiger partial charge in [0, 0.05) is 13.3 Å². The zero-order valence-corrected chi connectivity index (χ0v) is 19.9. The van der Waals surface area contributed by atoms with Gasteiger partial charge in [0.15, 0.2) is 12.4 Å². The molecule has 1 rings (SSSR count). The summed E-state index contributed by atoms with van der Waals surface area (Å²) >= 11 is 0. The molecule has 0 fully saturated rings. The highest BCUT2D eigenvalue weighted by atomic mass is 16.3. The van der Waals surface area contributed by atoms with Gasteiger partial charge in [0.2, 0.25) is 0 Å². The van der Waals surface area contributed by atoms with Crippen LogP contribution in [0, 0.1) is 0 Å². The van der Waals surface area contributed by atoms with Crippen molar-refractivity contribution < 1.29 is 9.59 Å². The third-order valence-electron chi connectivity index (χ3n) is 6.71. The summed E-state index contributed by atoms with van der Waals surface area (Å²) in [6.07, 6.45) is 30.6. The van der Waals surface area contributed by atoms with Gasteiger partial charge in [-0.15, -0.1) is 0 Å². The van der Waals surface area contributed by atoms with Crippen LogP contribution in [0.2, 0.25) is 0 Å². The first-order valence-corrected chi connectivity index (χ1v) is 12.8. The number of nitrogens with one attached hydrogen (secondary N) is 1. The van der Waals surface area contributed by atoms with Gasteiger partial charge in [0.25, 0.3) is 0 Å². The minimum atomic E-state index is -0.356. The molecule has 0 aromatic heterocycles. The maximum Gasteiger partial charge on any atom is 0.193 e. The van der Waals surface area contributed by atoms with E-state index in [1.807, 2.05) is 13.1 Å². The predicted molar refractivity (Wildman–Crippen MR) is 127 cm³/mol. The van der Waals surface area contributed by atoms with E-state index in [-0.39, 0.29) is 6.23 Å². The van der Waals surface area contributed by atoms with E-state index in [0.717, 1.165) is 19.4 Å². The molecule has 3 unspecified atom stereocenters. The smallest absolute Gasteiger partial charge is 0.193 e. The number of aliphatic hydroxyl groups is 1. The average Bonchev–Trinajstić information content (AvgIpc) is 3.14. The summed E-state index contributed by atoms with van der Waals surface area (Å²) in [7, 11) is 0. The van der Waals surface area contributed by atoms with Crippen LogP contribution in [0.1, 0.15) is 124 Å². The molecular weight excluding hydrogens is 356 g/mol. The van der Waals surface area contributed by atoms with Crippen molar-refractivity contribution in [1.82, 2.24) is 5.32 Å². The van der Waals surface area contributed by atoms with Gasteiger partial charge in [0.1, 0.15) is 6.20 Å². The first-order chi connectivity index (χ1) is 14.2. The molecular formula is C26H51N2O+. The number of nitrogens with zero attached hydrogens (tertiary/aromatic N) is 1. The van der Waals surface area contributed by atoms with Crippen LogP contribution in [-0.4, -0.2) is 28.5 Å². The van der Waals surface area contributed by atoms with E-state index in [1.165, 1.54) is 89.9 Å². The van der Waals surface area contributed by atoms with Gasteiger partial charge in [-0.1, -0.05) is 96.1 Å². The minimum absolute atomic E-state index is 0.306. The number of quaternary nitrogens is 1. The summed E-state index contributed by atoms with van der Waals surface area (Å²) in [5, 5.41) is 13.6. The zero-order valence-electron chi connectivity index (χ0n) is 19.9. The Labute approximate surface area is 182 Å². The van der Waals surface area contributed by atoms with E-state index in [2.05, 4.69) is 37.5 Å². The van der Waals surface area contributed by atoms with Gasteiger partial charge in [-0.2, -0.15) is 0 Å². The molecule has 1 aliphatic heterocycles. The fourth-order valence-electron chi connectivity index (χ4n) is 4.60. The highest BCUT2D eigenvalue weighted by molar-refractivity contribution is 4.88. The molecule has 3 heteroatoms. The fraction of sp³-hybridized carbons (Fsp3) is 0.846. The van der Waals surface area contributed by atoms with Gasteiger partial charge in [-0.25, -0.2) is 0 Å². The van der Waals surface area contributed by atoms with Crippen molar-refractivity contribution in [3.63, 3.8) is 0 Å². The van der Waals surface area contributed by atoms with E-state index in [4.69, 9.17) is 0 Å². The molecule has 0 aromatic carbocycles. The summed E-state index contributed by atoms with van der Waals surface area (Å²) in [5.74, 6) is 0. The van der Waals surface area contributed by atoms with Gasteiger partial charge in [-0.05, 0) is 26.2 Å². The summed E-state index contributed by atoms with van der Waals surface area (Å²) in [6.45, 7) is 7.27. The Morgan fingerprint density at radius 2 is 1.34 bits per heavy atom. The number of hydrogen-bond acceptors (Lipinski definition) is 2. The van der Waals surface area contributed by atoms with Crippen LogP contribution in [0.4, 0.5) is 0 Å². The van der Waals surface area contributed by atoms with Crippen molar-refractivity contribution in [1.29, 1.82) is 0 Å². The quantitative estimate of drug-likeness (QED) is 0.133. The second-order valence-corrected chi connectivity index (χ2v) is 9.02. The lowest BCUT2D eigenvalue weighted by atomic mass is 10.0. The van der Waals surface area contributed by atoms with Gasteiger partial charge in [0.05, 0.1) is 12.7 Å². The van der Waals surface area contributed by atoms with Crippen LogP contribution < -0.4 is 5.32 Å². The van der Waals surface area contributed by atoms with Crippen LogP contribution in [0.3, 0.4) is 0 Å². The first kappa shape index (κ1) is 26.2. The van der Waals surface area contributed by atoms with Crippen LogP contribution in [0.15, 0.2) is 24.6 Å². The fourth-order valence-corrected chi connectivity index (χ4v) is 4.60. The molecule has 0 radical (unpaired) electrons. The number of rotatable bonds is 19. The molecule has 3 nitrogen and oxygen atoms in total. The monoisotopic (exact) mass is 407 g/mol. The molecule has 0 saturated carbocycles. The lowest BCUT2D eigenvalue weighted by molar-refractivity contribution is -0.942. The summed E-state index contributed by atoms with van der Waals surface area (Å²) in [6, 6.07) is 0. The van der Waals surface area contributed by atoms with E-state index in [1.54, 1.807) is 0 Å². The Morgan fingerprint density at radius 3 is 1.86 bits per heavy atom. The number of unbranched alkanes of at least 4 members (excludes halogenated alkanes) is 13. The Bertz CT molecular complexity index is 432. The number of hydrogen-bond donors (Lipinski definition) is 2. The highest BCUT2D eigenvalue weighted by Gasteiger charge is 2.40. The Hall–Kier alpha value is -0.800. The molecule has 3 atom stereocenters. The molecule has 1 aliphatic rings. The molecule has 0 bridgehead atoms. The van der Waals surface area contributed by atoms with Crippen molar-refractivity contribution in [3.8, 4) is 0 Å². The topological polar surface area (TPSA) is 32.3 Å². The summed E-state index contributed by atoms with van der Waals surface area (Å²) in [4.78, 5) is 0. The molecule has 0 saturated heterocycles. The van der Waals surface area contributed by atoms with E-state index in [9.17, 15) is 5.11 Å². The second kappa shape index (κ2) is 16.9. The van der Waals surface area contributed by atoms with E-state index >= 15 is 0 Å². The molecule has 0 amide bonds. The van der Waals surface area contributed by atoms with Gasteiger partial charge >= 0.3 is 0 Å². The van der Waals surface area contributed by atoms with Gasteiger partial charge in [-0.3, -0.25) is 4.48 Å². The van der Waals surface area contributed by atoms with Crippen LogP contribution in [0.5, 0.6) is 0 Å². The molecule has 2 N–H and O–H groups in total. The van der Waals surface area contributed by atoms with Crippen molar-refractivity contribution >= 4 is 0 Å². The summed E-state index contributed by atoms with van der Waals surface area (Å²) in [5.41, 5.74) is 0.